The van der Waals surface area contributed by atoms with E-state index in [9.17, 15) is 13.6 Å². The summed E-state index contributed by atoms with van der Waals surface area (Å²) < 4.78 is 35.4. The van der Waals surface area contributed by atoms with Crippen molar-refractivity contribution in [2.75, 3.05) is 20.2 Å². The second-order valence-corrected chi connectivity index (χ2v) is 10.2. The average molecular weight is 501 g/mol. The van der Waals surface area contributed by atoms with Gasteiger partial charge in [-0.1, -0.05) is 24.3 Å². The number of alkyl halides is 2. The van der Waals surface area contributed by atoms with Gasteiger partial charge in [-0.25, -0.2) is 4.98 Å². The summed E-state index contributed by atoms with van der Waals surface area (Å²) in [5.41, 5.74) is 4.64. The highest BCUT2D eigenvalue weighted by Gasteiger charge is 2.30. The van der Waals surface area contributed by atoms with E-state index in [2.05, 4.69) is 35.7 Å². The van der Waals surface area contributed by atoms with Crippen LogP contribution in [0.5, 0.6) is 11.5 Å². The maximum absolute atomic E-state index is 13.7. The van der Waals surface area contributed by atoms with Gasteiger partial charge >= 0.3 is 6.61 Å². The van der Waals surface area contributed by atoms with E-state index in [4.69, 9.17) is 4.74 Å². The van der Waals surface area contributed by atoms with Crippen molar-refractivity contribution in [2.24, 2.45) is 5.92 Å². The number of carbonyl (C=O) groups excluding carboxylic acids is 1. The smallest absolute Gasteiger partial charge is 0.387 e. The zero-order valence-electron chi connectivity index (χ0n) is 20.4. The second kappa shape index (κ2) is 10.7. The SMILES string of the molecule is COc1ccc(CCN(CC2CC2)C(=O)c2nc(C)sc2-c2ccc(C)c(C)c2)cc1OC(F)F. The molecule has 1 heterocycles. The standard InChI is InChI=1S/C27H30F2N2O3S/c1-16-5-9-21(13-17(16)2)25-24(30-18(3)35-25)26(32)31(15-20-6-7-20)12-11-19-8-10-22(33-4)23(14-19)34-27(28)29/h5,8-10,13-14,20,27H,6-7,11-12,15H2,1-4H3. The van der Waals surface area contributed by atoms with E-state index in [0.717, 1.165) is 33.9 Å². The minimum Gasteiger partial charge on any atom is -0.493 e. The third-order valence-electron chi connectivity index (χ3n) is 6.28. The fraction of sp³-hybridized carbons (Fsp3) is 0.407. The van der Waals surface area contributed by atoms with E-state index in [1.807, 2.05) is 24.0 Å². The molecule has 0 radical (unpaired) electrons. The van der Waals surface area contributed by atoms with Crippen LogP contribution in [-0.4, -0.2) is 42.6 Å². The average Bonchev–Trinajstić information content (AvgIpc) is 3.56. The van der Waals surface area contributed by atoms with Gasteiger partial charge in [0.2, 0.25) is 0 Å². The Morgan fingerprint density at radius 2 is 1.89 bits per heavy atom. The number of rotatable bonds is 10. The van der Waals surface area contributed by atoms with Gasteiger partial charge < -0.3 is 14.4 Å². The van der Waals surface area contributed by atoms with Crippen molar-refractivity contribution in [3.63, 3.8) is 0 Å². The quantitative estimate of drug-likeness (QED) is 0.321. The van der Waals surface area contributed by atoms with E-state index < -0.39 is 6.61 Å². The van der Waals surface area contributed by atoms with Gasteiger partial charge in [0.1, 0.15) is 5.69 Å². The number of aryl methyl sites for hydroxylation is 3. The molecule has 0 spiro atoms. The number of aromatic nitrogens is 1. The number of methoxy groups -OCH3 is 1. The minimum absolute atomic E-state index is 0.00720. The van der Waals surface area contributed by atoms with Crippen molar-refractivity contribution in [1.82, 2.24) is 9.88 Å². The van der Waals surface area contributed by atoms with Crippen LogP contribution in [0.4, 0.5) is 8.78 Å². The van der Waals surface area contributed by atoms with E-state index in [0.29, 0.717) is 31.1 Å². The molecule has 3 aromatic rings. The predicted octanol–water partition coefficient (Wildman–Crippen LogP) is 6.44. The maximum atomic E-state index is 13.7. The molecule has 0 atom stereocenters. The molecule has 1 aromatic heterocycles. The highest BCUT2D eigenvalue weighted by atomic mass is 32.1. The molecular formula is C27H30F2N2O3S. The Bertz CT molecular complexity index is 1210. The molecular weight excluding hydrogens is 470 g/mol. The Hall–Kier alpha value is -3.00. The largest absolute Gasteiger partial charge is 0.493 e. The molecule has 0 N–H and O–H groups in total. The van der Waals surface area contributed by atoms with Crippen LogP contribution in [0.1, 0.15) is 45.0 Å². The topological polar surface area (TPSA) is 51.7 Å². The molecule has 8 heteroatoms. The monoisotopic (exact) mass is 500 g/mol. The van der Waals surface area contributed by atoms with Crippen LogP contribution >= 0.6 is 11.3 Å². The van der Waals surface area contributed by atoms with Crippen molar-refractivity contribution >= 4 is 17.2 Å². The number of hydrogen-bond donors (Lipinski definition) is 0. The predicted molar refractivity (Wildman–Crippen MR) is 134 cm³/mol. The molecule has 5 nitrogen and oxygen atoms in total. The van der Waals surface area contributed by atoms with Gasteiger partial charge in [-0.3, -0.25) is 4.79 Å². The van der Waals surface area contributed by atoms with Crippen LogP contribution < -0.4 is 9.47 Å². The van der Waals surface area contributed by atoms with Crippen LogP contribution in [0, 0.1) is 26.7 Å². The van der Waals surface area contributed by atoms with E-state index in [-0.39, 0.29) is 17.4 Å². The summed E-state index contributed by atoms with van der Waals surface area (Å²) >= 11 is 1.53. The van der Waals surface area contributed by atoms with Crippen LogP contribution in [0.3, 0.4) is 0 Å². The second-order valence-electron chi connectivity index (χ2n) is 9.02. The normalized spacial score (nSPS) is 13.2. The number of carbonyl (C=O) groups is 1. The minimum atomic E-state index is -2.94. The fourth-order valence-corrected chi connectivity index (χ4v) is 4.92. The first-order valence-corrected chi connectivity index (χ1v) is 12.5. The molecule has 1 aliphatic rings. The van der Waals surface area contributed by atoms with Gasteiger partial charge in [-0.05, 0) is 80.3 Å². The fourth-order valence-electron chi connectivity index (χ4n) is 4.02. The molecule has 1 amide bonds. The molecule has 186 valence electrons. The van der Waals surface area contributed by atoms with Crippen molar-refractivity contribution < 1.29 is 23.0 Å². The summed E-state index contributed by atoms with van der Waals surface area (Å²) in [6, 6.07) is 11.2. The molecule has 0 unspecified atom stereocenters. The van der Waals surface area contributed by atoms with E-state index in [1.165, 1.54) is 29.6 Å². The van der Waals surface area contributed by atoms with Crippen LogP contribution in [0.25, 0.3) is 10.4 Å². The van der Waals surface area contributed by atoms with E-state index in [1.54, 1.807) is 12.1 Å². The lowest BCUT2D eigenvalue weighted by atomic mass is 10.0. The number of amides is 1. The number of hydrogen-bond acceptors (Lipinski definition) is 5. The Morgan fingerprint density at radius 1 is 1.11 bits per heavy atom. The summed E-state index contributed by atoms with van der Waals surface area (Å²) in [6.07, 6.45) is 2.72. The summed E-state index contributed by atoms with van der Waals surface area (Å²) in [7, 11) is 1.41. The van der Waals surface area contributed by atoms with Gasteiger partial charge in [0, 0.05) is 13.1 Å². The first-order valence-electron chi connectivity index (χ1n) is 11.7. The number of thiazole rings is 1. The number of halogens is 2. The van der Waals surface area contributed by atoms with Gasteiger partial charge in [0.05, 0.1) is 17.0 Å². The molecule has 0 saturated heterocycles. The first-order chi connectivity index (χ1) is 16.7. The number of benzene rings is 2. The third kappa shape index (κ3) is 6.17. The molecule has 0 bridgehead atoms. The third-order valence-corrected chi connectivity index (χ3v) is 7.30. The van der Waals surface area contributed by atoms with Crippen LogP contribution in [-0.2, 0) is 6.42 Å². The molecule has 1 aliphatic carbocycles. The van der Waals surface area contributed by atoms with Crippen LogP contribution in [0.15, 0.2) is 36.4 Å². The van der Waals surface area contributed by atoms with E-state index >= 15 is 0 Å². The summed E-state index contributed by atoms with van der Waals surface area (Å²) in [4.78, 5) is 21.1. The lowest BCUT2D eigenvalue weighted by molar-refractivity contribution is -0.0512. The Morgan fingerprint density at radius 3 is 2.54 bits per heavy atom. The lowest BCUT2D eigenvalue weighted by Gasteiger charge is -2.23. The Kier molecular flexibility index (Phi) is 7.69. The Labute approximate surface area is 208 Å². The van der Waals surface area contributed by atoms with Crippen molar-refractivity contribution in [3.8, 4) is 21.9 Å². The maximum Gasteiger partial charge on any atom is 0.387 e. The summed E-state index contributed by atoms with van der Waals surface area (Å²) in [6.45, 7) is 4.23. The van der Waals surface area contributed by atoms with Crippen molar-refractivity contribution in [3.05, 3.63) is 63.8 Å². The summed E-state index contributed by atoms with van der Waals surface area (Å²) in [5.74, 6) is 0.646. The Balaban J connectivity index is 1.57. The first kappa shape index (κ1) is 25.1. The van der Waals surface area contributed by atoms with Crippen molar-refractivity contribution in [1.29, 1.82) is 0 Å². The highest BCUT2D eigenvalue weighted by Crippen LogP contribution is 2.35. The highest BCUT2D eigenvalue weighted by molar-refractivity contribution is 7.15. The molecule has 2 aromatic carbocycles. The summed E-state index contributed by atoms with van der Waals surface area (Å²) in [5, 5.41) is 0.844. The van der Waals surface area contributed by atoms with Gasteiger partial charge in [-0.2, -0.15) is 8.78 Å². The zero-order valence-corrected chi connectivity index (χ0v) is 21.3. The zero-order chi connectivity index (χ0) is 25.1. The number of ether oxygens (including phenoxy) is 2. The van der Waals surface area contributed by atoms with Gasteiger partial charge in [-0.15, -0.1) is 11.3 Å². The molecule has 1 fully saturated rings. The molecule has 35 heavy (non-hydrogen) atoms. The molecule has 1 saturated carbocycles. The van der Waals surface area contributed by atoms with Gasteiger partial charge in [0.15, 0.2) is 11.5 Å². The van der Waals surface area contributed by atoms with Crippen LogP contribution in [0.2, 0.25) is 0 Å². The lowest BCUT2D eigenvalue weighted by Crippen LogP contribution is -2.35. The molecule has 4 rings (SSSR count). The van der Waals surface area contributed by atoms with Crippen molar-refractivity contribution in [2.45, 2.75) is 46.6 Å². The number of nitrogens with zero attached hydrogens (tertiary/aromatic N) is 2. The van der Waals surface area contributed by atoms with Gasteiger partial charge in [0.25, 0.3) is 5.91 Å². The molecule has 0 aliphatic heterocycles.